The molecule has 6 nitrogen and oxygen atoms in total. The lowest BCUT2D eigenvalue weighted by molar-refractivity contribution is 0.0424. The zero-order valence-corrected chi connectivity index (χ0v) is 13.2. The van der Waals surface area contributed by atoms with E-state index in [2.05, 4.69) is 22.1 Å². The fraction of sp³-hybridized carbons (Fsp3) is 0.714. The van der Waals surface area contributed by atoms with Gasteiger partial charge in [-0.3, -0.25) is 4.79 Å². The number of amides is 1. The van der Waals surface area contributed by atoms with Crippen molar-refractivity contribution in [1.82, 2.24) is 10.3 Å². The monoisotopic (exact) mass is 310 g/mol. The Kier molecular flexibility index (Phi) is 4.03. The van der Waals surface area contributed by atoms with Crippen molar-refractivity contribution < 1.29 is 9.53 Å². The normalized spacial score (nSPS) is 21.5. The number of thiazole rings is 1. The predicted molar refractivity (Wildman–Crippen MR) is 83.9 cm³/mol. The van der Waals surface area contributed by atoms with Gasteiger partial charge in [0.05, 0.1) is 0 Å². The first-order chi connectivity index (χ1) is 10.1. The van der Waals surface area contributed by atoms with Gasteiger partial charge in [-0.1, -0.05) is 11.3 Å². The minimum atomic E-state index is -0.209. The first kappa shape index (κ1) is 14.6. The number of hydrogen-bond donors (Lipinski definition) is 2. The van der Waals surface area contributed by atoms with E-state index in [0.717, 1.165) is 31.1 Å². The van der Waals surface area contributed by atoms with E-state index in [1.165, 1.54) is 24.2 Å². The van der Waals surface area contributed by atoms with E-state index in [1.54, 1.807) is 0 Å². The quantitative estimate of drug-likeness (QED) is 0.887. The minimum absolute atomic E-state index is 0.111. The van der Waals surface area contributed by atoms with Crippen LogP contribution in [0.2, 0.25) is 0 Å². The zero-order chi connectivity index (χ0) is 14.9. The predicted octanol–water partition coefficient (Wildman–Crippen LogP) is 1.62. The number of carbonyl (C=O) groups is 1. The van der Waals surface area contributed by atoms with Gasteiger partial charge in [0.1, 0.15) is 10.7 Å². The number of nitrogens with two attached hydrogens (primary N) is 1. The summed E-state index contributed by atoms with van der Waals surface area (Å²) in [5.41, 5.74) is 5.74. The second kappa shape index (κ2) is 5.81. The number of rotatable bonds is 3. The average Bonchev–Trinajstić information content (AvgIpc) is 3.07. The molecule has 0 atom stereocenters. The van der Waals surface area contributed by atoms with Crippen LogP contribution in [0.5, 0.6) is 0 Å². The second-order valence-electron chi connectivity index (χ2n) is 6.03. The molecule has 0 aromatic carbocycles. The molecule has 3 N–H and O–H groups in total. The fourth-order valence-electron chi connectivity index (χ4n) is 2.80. The Labute approximate surface area is 128 Å². The summed E-state index contributed by atoms with van der Waals surface area (Å²) >= 11 is 1.40. The summed E-state index contributed by atoms with van der Waals surface area (Å²) in [4.78, 5) is 19.6. The number of nitrogens with one attached hydrogen (secondary N) is 1. The van der Waals surface area contributed by atoms with E-state index in [0.29, 0.717) is 23.9 Å². The Hall–Kier alpha value is -1.34. The van der Waals surface area contributed by atoms with Crippen molar-refractivity contribution in [3.05, 3.63) is 4.88 Å². The van der Waals surface area contributed by atoms with E-state index in [4.69, 9.17) is 10.5 Å². The summed E-state index contributed by atoms with van der Waals surface area (Å²) in [5, 5.41) is 3.98. The van der Waals surface area contributed by atoms with Crippen LogP contribution in [-0.2, 0) is 4.74 Å². The van der Waals surface area contributed by atoms with Gasteiger partial charge in [-0.05, 0) is 32.6 Å². The smallest absolute Gasteiger partial charge is 0.265 e. The van der Waals surface area contributed by atoms with Crippen LogP contribution >= 0.6 is 11.3 Å². The third kappa shape index (κ3) is 3.13. The van der Waals surface area contributed by atoms with Crippen LogP contribution in [0.1, 0.15) is 42.3 Å². The molecule has 21 heavy (non-hydrogen) atoms. The number of anilines is 2. The maximum atomic E-state index is 12.5. The van der Waals surface area contributed by atoms with Crippen molar-refractivity contribution >= 4 is 28.2 Å². The van der Waals surface area contributed by atoms with Crippen LogP contribution in [0.15, 0.2) is 0 Å². The third-order valence-corrected chi connectivity index (χ3v) is 5.37. The topological polar surface area (TPSA) is 80.5 Å². The molecule has 0 bridgehead atoms. The Morgan fingerprint density at radius 2 is 2.05 bits per heavy atom. The highest BCUT2D eigenvalue weighted by Gasteiger charge is 2.31. The lowest BCUT2D eigenvalue weighted by Gasteiger charge is -2.34. The molecule has 3 rings (SSSR count). The lowest BCUT2D eigenvalue weighted by atomic mass is 9.92. The number of nitrogen functional groups attached to an aromatic ring is 1. The van der Waals surface area contributed by atoms with Crippen molar-refractivity contribution in [3.8, 4) is 0 Å². The molecule has 116 valence electrons. The standard InChI is InChI=1S/C14H22N4O2S/c1-14(4-8-20-9-5-14)17-12(19)10-11(15)16-13(21-10)18-6-2-3-7-18/h2-9,15H2,1H3,(H,17,19). The van der Waals surface area contributed by atoms with Gasteiger partial charge >= 0.3 is 0 Å². The van der Waals surface area contributed by atoms with E-state index in [1.807, 2.05) is 0 Å². The van der Waals surface area contributed by atoms with Crippen LogP contribution < -0.4 is 16.0 Å². The molecule has 2 saturated heterocycles. The summed E-state index contributed by atoms with van der Waals surface area (Å²) in [6, 6.07) is 0. The van der Waals surface area contributed by atoms with E-state index < -0.39 is 0 Å². The Morgan fingerprint density at radius 1 is 1.38 bits per heavy atom. The van der Waals surface area contributed by atoms with Gasteiger partial charge in [0.2, 0.25) is 0 Å². The SMILES string of the molecule is CC1(NC(=O)c2sc(N3CCCC3)nc2N)CCOCC1. The van der Waals surface area contributed by atoms with Gasteiger partial charge in [0.25, 0.3) is 5.91 Å². The zero-order valence-electron chi connectivity index (χ0n) is 12.4. The molecule has 0 saturated carbocycles. The fourth-order valence-corrected chi connectivity index (χ4v) is 3.74. The van der Waals surface area contributed by atoms with Crippen LogP contribution in [0, 0.1) is 0 Å². The lowest BCUT2D eigenvalue weighted by Crippen LogP contribution is -2.49. The summed E-state index contributed by atoms with van der Waals surface area (Å²) in [6.07, 6.45) is 4.02. The number of nitrogens with zero attached hydrogens (tertiary/aromatic N) is 2. The molecule has 1 aromatic rings. The van der Waals surface area contributed by atoms with Crippen molar-refractivity contribution in [1.29, 1.82) is 0 Å². The minimum Gasteiger partial charge on any atom is -0.382 e. The van der Waals surface area contributed by atoms with Crippen molar-refractivity contribution in [3.63, 3.8) is 0 Å². The third-order valence-electron chi connectivity index (χ3n) is 4.24. The van der Waals surface area contributed by atoms with Crippen LogP contribution in [0.25, 0.3) is 0 Å². The second-order valence-corrected chi connectivity index (χ2v) is 7.01. The van der Waals surface area contributed by atoms with Gasteiger partial charge in [-0.15, -0.1) is 0 Å². The molecule has 0 spiro atoms. The highest BCUT2D eigenvalue weighted by Crippen LogP contribution is 2.31. The number of hydrogen-bond acceptors (Lipinski definition) is 6. The average molecular weight is 310 g/mol. The highest BCUT2D eigenvalue weighted by molar-refractivity contribution is 7.18. The summed E-state index contributed by atoms with van der Waals surface area (Å²) in [5.74, 6) is 0.231. The van der Waals surface area contributed by atoms with Crippen LogP contribution in [-0.4, -0.2) is 42.7 Å². The highest BCUT2D eigenvalue weighted by atomic mass is 32.1. The summed E-state index contributed by atoms with van der Waals surface area (Å²) in [6.45, 7) is 5.44. The molecule has 0 radical (unpaired) electrons. The number of carbonyl (C=O) groups excluding carboxylic acids is 1. The van der Waals surface area contributed by atoms with Gasteiger partial charge in [-0.2, -0.15) is 0 Å². The molecule has 2 fully saturated rings. The summed E-state index contributed by atoms with van der Waals surface area (Å²) in [7, 11) is 0. The molecule has 0 unspecified atom stereocenters. The Bertz CT molecular complexity index is 519. The number of aromatic nitrogens is 1. The molecule has 1 amide bonds. The van der Waals surface area contributed by atoms with E-state index >= 15 is 0 Å². The van der Waals surface area contributed by atoms with Crippen molar-refractivity contribution in [2.75, 3.05) is 36.9 Å². The van der Waals surface area contributed by atoms with Crippen LogP contribution in [0.4, 0.5) is 10.9 Å². The van der Waals surface area contributed by atoms with Gasteiger partial charge < -0.3 is 20.7 Å². The van der Waals surface area contributed by atoms with E-state index in [9.17, 15) is 4.79 Å². The molecular weight excluding hydrogens is 288 g/mol. The molecule has 2 aliphatic heterocycles. The maximum absolute atomic E-state index is 12.5. The first-order valence-electron chi connectivity index (χ1n) is 7.49. The number of ether oxygens (including phenoxy) is 1. The van der Waals surface area contributed by atoms with Crippen molar-refractivity contribution in [2.24, 2.45) is 0 Å². The first-order valence-corrected chi connectivity index (χ1v) is 8.31. The Morgan fingerprint density at radius 3 is 2.71 bits per heavy atom. The molecule has 2 aliphatic rings. The van der Waals surface area contributed by atoms with Gasteiger partial charge in [0, 0.05) is 31.8 Å². The van der Waals surface area contributed by atoms with Gasteiger partial charge in [-0.25, -0.2) is 4.98 Å². The molecule has 1 aromatic heterocycles. The maximum Gasteiger partial charge on any atom is 0.265 e. The molecule has 0 aliphatic carbocycles. The molecule has 3 heterocycles. The largest absolute Gasteiger partial charge is 0.382 e. The van der Waals surface area contributed by atoms with Crippen LogP contribution in [0.3, 0.4) is 0 Å². The summed E-state index contributed by atoms with van der Waals surface area (Å²) < 4.78 is 5.36. The van der Waals surface area contributed by atoms with Gasteiger partial charge in [0.15, 0.2) is 5.13 Å². The molecule has 7 heteroatoms. The molecular formula is C14H22N4O2S. The van der Waals surface area contributed by atoms with E-state index in [-0.39, 0.29) is 11.4 Å². The van der Waals surface area contributed by atoms with Crippen molar-refractivity contribution in [2.45, 2.75) is 38.1 Å². The Balaban J connectivity index is 1.72.